The van der Waals surface area contributed by atoms with Gasteiger partial charge >= 0.3 is 0 Å². The van der Waals surface area contributed by atoms with Gasteiger partial charge in [0.05, 0.1) is 24.6 Å². The molecule has 178 valence electrons. The zero-order valence-corrected chi connectivity index (χ0v) is 19.4. The van der Waals surface area contributed by atoms with Crippen LogP contribution in [0.5, 0.6) is 11.5 Å². The summed E-state index contributed by atoms with van der Waals surface area (Å²) in [5.41, 5.74) is 4.38. The molecule has 34 heavy (non-hydrogen) atoms. The van der Waals surface area contributed by atoms with Crippen LogP contribution >= 0.6 is 0 Å². The lowest BCUT2D eigenvalue weighted by atomic mass is 10.0. The summed E-state index contributed by atoms with van der Waals surface area (Å²) in [6, 6.07) is 14.7. The third-order valence-corrected chi connectivity index (χ3v) is 6.86. The number of nitrogens with two attached hydrogens (primary N) is 1. The molecule has 4 heterocycles. The lowest BCUT2D eigenvalue weighted by Crippen LogP contribution is -2.42. The van der Waals surface area contributed by atoms with E-state index in [1.807, 2.05) is 5.01 Å². The van der Waals surface area contributed by atoms with Crippen molar-refractivity contribution in [2.24, 2.45) is 5.84 Å². The van der Waals surface area contributed by atoms with Crippen molar-refractivity contribution in [1.29, 1.82) is 0 Å². The number of hydrogen-bond donors (Lipinski definition) is 1. The van der Waals surface area contributed by atoms with Crippen LogP contribution in [0, 0.1) is 0 Å². The van der Waals surface area contributed by atoms with Gasteiger partial charge in [-0.3, -0.25) is 15.3 Å². The quantitative estimate of drug-likeness (QED) is 0.586. The maximum atomic E-state index is 6.15. The first-order chi connectivity index (χ1) is 16.7. The largest absolute Gasteiger partial charge is 0.490 e. The second-order valence-electron chi connectivity index (χ2n) is 9.26. The molecule has 0 radical (unpaired) electrons. The summed E-state index contributed by atoms with van der Waals surface area (Å²) in [5, 5.41) is 1.86. The second-order valence-corrected chi connectivity index (χ2v) is 9.26. The van der Waals surface area contributed by atoms with Crippen LogP contribution in [-0.4, -0.2) is 65.0 Å². The summed E-state index contributed by atoms with van der Waals surface area (Å²) in [6.45, 7) is 6.58. The van der Waals surface area contributed by atoms with Gasteiger partial charge in [-0.05, 0) is 48.2 Å². The molecule has 2 aromatic carbocycles. The fourth-order valence-electron chi connectivity index (χ4n) is 4.91. The zero-order chi connectivity index (χ0) is 22.9. The van der Waals surface area contributed by atoms with Crippen LogP contribution < -0.4 is 15.3 Å². The topological polar surface area (TPSA) is 78.0 Å². The van der Waals surface area contributed by atoms with E-state index >= 15 is 0 Å². The summed E-state index contributed by atoms with van der Waals surface area (Å²) in [7, 11) is 0. The minimum absolute atomic E-state index is 0.236. The Morgan fingerprint density at radius 1 is 0.971 bits per heavy atom. The minimum atomic E-state index is 0.236. The average molecular weight is 462 g/mol. The number of hydrogen-bond acceptors (Lipinski definition) is 7. The molecule has 0 spiro atoms. The number of ether oxygens (including phenoxy) is 3. The highest BCUT2D eigenvalue weighted by atomic mass is 16.5. The molecule has 2 N–H and O–H groups in total. The first kappa shape index (κ1) is 21.6. The van der Waals surface area contributed by atoms with E-state index in [0.717, 1.165) is 98.6 Å². The van der Waals surface area contributed by atoms with Crippen molar-refractivity contribution >= 4 is 0 Å². The normalized spacial score (nSPS) is 19.3. The molecule has 2 fully saturated rings. The van der Waals surface area contributed by atoms with Crippen LogP contribution in [-0.2, 0) is 17.9 Å². The van der Waals surface area contributed by atoms with Crippen LogP contribution in [0.25, 0.3) is 16.8 Å². The van der Waals surface area contributed by atoms with Crippen molar-refractivity contribution in [3.8, 4) is 28.3 Å². The Kier molecular flexibility index (Phi) is 5.97. The smallest absolute Gasteiger partial charge is 0.151 e. The number of benzene rings is 2. The Balaban J connectivity index is 1.16. The highest BCUT2D eigenvalue weighted by molar-refractivity contribution is 5.69. The van der Waals surface area contributed by atoms with Crippen LogP contribution in [0.3, 0.4) is 0 Å². The van der Waals surface area contributed by atoms with Crippen molar-refractivity contribution in [2.45, 2.75) is 32.1 Å². The molecule has 8 nitrogen and oxygen atoms in total. The molecular formula is C26H31N5O3. The summed E-state index contributed by atoms with van der Waals surface area (Å²) in [5.74, 6) is 8.58. The molecule has 0 aliphatic carbocycles. The van der Waals surface area contributed by atoms with E-state index in [4.69, 9.17) is 25.0 Å². The Labute approximate surface area is 199 Å². The number of hydrazine groups is 1. The predicted molar refractivity (Wildman–Crippen MR) is 129 cm³/mol. The molecule has 0 atom stereocenters. The van der Waals surface area contributed by atoms with Crippen molar-refractivity contribution in [3.05, 3.63) is 60.2 Å². The number of piperidine rings is 1. The number of nitrogens with zero attached hydrogens (tertiary/aromatic N) is 4. The Morgan fingerprint density at radius 2 is 1.74 bits per heavy atom. The Bertz CT molecular complexity index is 1130. The van der Waals surface area contributed by atoms with E-state index in [-0.39, 0.29) is 6.10 Å². The maximum absolute atomic E-state index is 6.15. The standard InChI is InChI=1S/C26H31N5O3/c27-30-9-7-23(8-10-30)34-22-4-1-19(2-5-22)20-3-6-24-25(15-20)33-18-26-28-21(17-31(24)26)16-29-11-13-32-14-12-29/h1-6,15,17,23H,7-14,16,18,27H2. The van der Waals surface area contributed by atoms with Gasteiger partial charge in [0.25, 0.3) is 0 Å². The fourth-order valence-corrected chi connectivity index (χ4v) is 4.91. The minimum Gasteiger partial charge on any atom is -0.490 e. The van der Waals surface area contributed by atoms with Gasteiger partial charge in [-0.1, -0.05) is 18.2 Å². The first-order valence-electron chi connectivity index (χ1n) is 12.1. The predicted octanol–water partition coefficient (Wildman–Crippen LogP) is 2.98. The lowest BCUT2D eigenvalue weighted by molar-refractivity contribution is 0.0337. The van der Waals surface area contributed by atoms with E-state index in [2.05, 4.69) is 58.1 Å². The molecule has 3 aliphatic heterocycles. The van der Waals surface area contributed by atoms with E-state index in [1.54, 1.807) is 0 Å². The molecule has 3 aromatic rings. The molecular weight excluding hydrogens is 430 g/mol. The van der Waals surface area contributed by atoms with Crippen LogP contribution in [0.4, 0.5) is 0 Å². The molecule has 0 unspecified atom stereocenters. The number of rotatable bonds is 5. The summed E-state index contributed by atoms with van der Waals surface area (Å²) in [4.78, 5) is 7.20. The van der Waals surface area contributed by atoms with E-state index in [9.17, 15) is 0 Å². The second kappa shape index (κ2) is 9.38. The van der Waals surface area contributed by atoms with Gasteiger partial charge in [0.2, 0.25) is 0 Å². The van der Waals surface area contributed by atoms with Gasteiger partial charge in [-0.15, -0.1) is 0 Å². The highest BCUT2D eigenvalue weighted by Crippen LogP contribution is 2.35. The maximum Gasteiger partial charge on any atom is 0.151 e. The molecule has 0 amide bonds. The molecule has 8 heteroatoms. The van der Waals surface area contributed by atoms with Gasteiger partial charge in [0.15, 0.2) is 5.82 Å². The first-order valence-corrected chi connectivity index (χ1v) is 12.1. The van der Waals surface area contributed by atoms with E-state index < -0.39 is 0 Å². The van der Waals surface area contributed by atoms with Gasteiger partial charge in [-0.2, -0.15) is 0 Å². The molecule has 6 rings (SSSR count). The number of fused-ring (bicyclic) bond motifs is 3. The van der Waals surface area contributed by atoms with Crippen molar-refractivity contribution in [1.82, 2.24) is 19.5 Å². The summed E-state index contributed by atoms with van der Waals surface area (Å²) >= 11 is 0. The third kappa shape index (κ3) is 4.54. The van der Waals surface area contributed by atoms with Crippen LogP contribution in [0.15, 0.2) is 48.7 Å². The van der Waals surface area contributed by atoms with Crippen LogP contribution in [0.2, 0.25) is 0 Å². The Morgan fingerprint density at radius 3 is 2.53 bits per heavy atom. The number of aromatic nitrogens is 2. The van der Waals surface area contributed by atoms with E-state index in [0.29, 0.717) is 6.61 Å². The van der Waals surface area contributed by atoms with Crippen LogP contribution in [0.1, 0.15) is 24.4 Å². The van der Waals surface area contributed by atoms with Gasteiger partial charge < -0.3 is 14.2 Å². The van der Waals surface area contributed by atoms with Crippen molar-refractivity contribution in [3.63, 3.8) is 0 Å². The summed E-state index contributed by atoms with van der Waals surface area (Å²) in [6.07, 6.45) is 4.31. The number of imidazole rings is 1. The highest BCUT2D eigenvalue weighted by Gasteiger charge is 2.22. The Hall–Kier alpha value is -2.91. The molecule has 2 saturated heterocycles. The van der Waals surface area contributed by atoms with Crippen molar-refractivity contribution in [2.75, 3.05) is 39.4 Å². The lowest BCUT2D eigenvalue weighted by Gasteiger charge is -2.28. The van der Waals surface area contributed by atoms with E-state index in [1.165, 1.54) is 0 Å². The third-order valence-electron chi connectivity index (χ3n) is 6.86. The van der Waals surface area contributed by atoms with Gasteiger partial charge in [-0.25, -0.2) is 9.99 Å². The average Bonchev–Trinajstić information content (AvgIpc) is 3.29. The molecule has 0 saturated carbocycles. The van der Waals surface area contributed by atoms with Gasteiger partial charge in [0, 0.05) is 38.9 Å². The molecule has 1 aromatic heterocycles. The summed E-state index contributed by atoms with van der Waals surface area (Å²) < 4.78 is 19.9. The molecule has 0 bridgehead atoms. The van der Waals surface area contributed by atoms with Crippen molar-refractivity contribution < 1.29 is 14.2 Å². The van der Waals surface area contributed by atoms with Gasteiger partial charge in [0.1, 0.15) is 24.2 Å². The fraction of sp³-hybridized carbons (Fsp3) is 0.423. The number of morpholine rings is 1. The SMILES string of the molecule is NN1CCC(Oc2ccc(-c3ccc4c(c3)OCc3nc(CN5CCOCC5)cn3-4)cc2)CC1. The molecule has 3 aliphatic rings. The monoisotopic (exact) mass is 461 g/mol. The zero-order valence-electron chi connectivity index (χ0n) is 19.4.